The van der Waals surface area contributed by atoms with Gasteiger partial charge in [-0.3, -0.25) is 4.90 Å². The summed E-state index contributed by atoms with van der Waals surface area (Å²) in [6, 6.07) is 18.9. The highest BCUT2D eigenvalue weighted by Crippen LogP contribution is 2.33. The van der Waals surface area contributed by atoms with Crippen LogP contribution in [-0.4, -0.2) is 54.1 Å². The fourth-order valence-corrected chi connectivity index (χ4v) is 3.86. The highest BCUT2D eigenvalue weighted by atomic mass is 16.5. The van der Waals surface area contributed by atoms with Crippen molar-refractivity contribution in [2.24, 2.45) is 0 Å². The Labute approximate surface area is 197 Å². The topological polar surface area (TPSA) is 62.0 Å². The fraction of sp³-hybridized carbons (Fsp3) is 0.444. The normalized spacial score (nSPS) is 12.5. The first-order chi connectivity index (χ1) is 15.9. The molecule has 0 saturated heterocycles. The molecule has 1 heterocycles. The van der Waals surface area contributed by atoms with Crippen LogP contribution in [0, 0.1) is 6.92 Å². The van der Waals surface area contributed by atoms with Crippen molar-refractivity contribution in [3.05, 3.63) is 71.3 Å². The number of rotatable bonds is 12. The SMILES string of the molecule is CCOC[C@@H](O)CN(Cc1cccc(C)c1)Cc1c(-c2ccccc2)noc1N(C)C(C)C. The molecule has 0 spiro atoms. The quantitative estimate of drug-likeness (QED) is 0.423. The minimum atomic E-state index is -0.582. The Morgan fingerprint density at radius 1 is 1.06 bits per heavy atom. The predicted octanol–water partition coefficient (Wildman–Crippen LogP) is 4.89. The van der Waals surface area contributed by atoms with Gasteiger partial charge >= 0.3 is 0 Å². The lowest BCUT2D eigenvalue weighted by Crippen LogP contribution is -2.35. The number of nitrogens with zero attached hydrogens (tertiary/aromatic N) is 3. The Morgan fingerprint density at radius 2 is 1.82 bits per heavy atom. The Hall–Kier alpha value is -2.67. The van der Waals surface area contributed by atoms with E-state index in [4.69, 9.17) is 9.26 Å². The maximum atomic E-state index is 10.6. The standard InChI is InChI=1S/C27H37N3O3/c1-6-32-19-24(31)17-30(16-22-12-10-11-21(4)15-22)18-25-26(23-13-8-7-9-14-23)28-33-27(25)29(5)20(2)3/h7-15,20,24,31H,6,16-19H2,1-5H3/t24-/m0/s1. The van der Waals surface area contributed by atoms with Gasteiger partial charge in [-0.25, -0.2) is 0 Å². The Balaban J connectivity index is 1.96. The van der Waals surface area contributed by atoms with E-state index in [0.29, 0.717) is 32.8 Å². The van der Waals surface area contributed by atoms with E-state index in [1.54, 1.807) is 0 Å². The number of aromatic nitrogens is 1. The highest BCUT2D eigenvalue weighted by Gasteiger charge is 2.25. The van der Waals surface area contributed by atoms with Gasteiger partial charge in [0.05, 0.1) is 18.3 Å². The number of aliphatic hydroxyl groups is 1. The van der Waals surface area contributed by atoms with Crippen molar-refractivity contribution >= 4 is 5.88 Å². The molecule has 6 heteroatoms. The van der Waals surface area contributed by atoms with Gasteiger partial charge in [0.1, 0.15) is 5.69 Å². The molecule has 178 valence electrons. The largest absolute Gasteiger partial charge is 0.389 e. The maximum Gasteiger partial charge on any atom is 0.232 e. The first-order valence-electron chi connectivity index (χ1n) is 11.7. The zero-order valence-electron chi connectivity index (χ0n) is 20.5. The number of benzene rings is 2. The van der Waals surface area contributed by atoms with Crippen LogP contribution in [0.2, 0.25) is 0 Å². The van der Waals surface area contributed by atoms with Gasteiger partial charge in [-0.15, -0.1) is 0 Å². The molecular formula is C27H37N3O3. The number of hydrogen-bond donors (Lipinski definition) is 1. The van der Waals surface area contributed by atoms with Gasteiger partial charge in [0.25, 0.3) is 0 Å². The Kier molecular flexibility index (Phi) is 9.06. The summed E-state index contributed by atoms with van der Waals surface area (Å²) >= 11 is 0. The summed E-state index contributed by atoms with van der Waals surface area (Å²) in [6.45, 7) is 11.0. The predicted molar refractivity (Wildman–Crippen MR) is 133 cm³/mol. The highest BCUT2D eigenvalue weighted by molar-refractivity contribution is 5.68. The molecule has 0 bridgehead atoms. The number of anilines is 1. The molecule has 0 aliphatic carbocycles. The van der Waals surface area contributed by atoms with Crippen LogP contribution in [0.4, 0.5) is 5.88 Å². The lowest BCUT2D eigenvalue weighted by Gasteiger charge is -2.27. The lowest BCUT2D eigenvalue weighted by atomic mass is 10.1. The molecule has 0 unspecified atom stereocenters. The molecule has 0 aliphatic rings. The van der Waals surface area contributed by atoms with Crippen LogP contribution in [-0.2, 0) is 17.8 Å². The van der Waals surface area contributed by atoms with Crippen molar-refractivity contribution in [2.45, 2.75) is 52.9 Å². The van der Waals surface area contributed by atoms with Crippen LogP contribution < -0.4 is 4.90 Å². The van der Waals surface area contributed by atoms with E-state index in [1.807, 2.05) is 32.2 Å². The third-order valence-electron chi connectivity index (χ3n) is 5.76. The van der Waals surface area contributed by atoms with Gasteiger partial charge in [-0.1, -0.05) is 65.3 Å². The number of ether oxygens (including phenoxy) is 1. The van der Waals surface area contributed by atoms with E-state index >= 15 is 0 Å². The fourth-order valence-electron chi connectivity index (χ4n) is 3.86. The summed E-state index contributed by atoms with van der Waals surface area (Å²) in [5, 5.41) is 15.1. The number of aliphatic hydroxyl groups excluding tert-OH is 1. The number of aryl methyl sites for hydroxylation is 1. The van der Waals surface area contributed by atoms with Crippen LogP contribution >= 0.6 is 0 Å². The lowest BCUT2D eigenvalue weighted by molar-refractivity contribution is 0.0180. The van der Waals surface area contributed by atoms with Gasteiger partial charge in [0, 0.05) is 44.9 Å². The second-order valence-corrected chi connectivity index (χ2v) is 8.86. The van der Waals surface area contributed by atoms with Crippen LogP contribution in [0.15, 0.2) is 59.1 Å². The van der Waals surface area contributed by atoms with Crippen molar-refractivity contribution in [3.8, 4) is 11.3 Å². The summed E-state index contributed by atoms with van der Waals surface area (Å²) in [4.78, 5) is 4.35. The minimum Gasteiger partial charge on any atom is -0.389 e. The first kappa shape index (κ1) is 25.0. The zero-order valence-corrected chi connectivity index (χ0v) is 20.5. The van der Waals surface area contributed by atoms with E-state index in [2.05, 4.69) is 72.1 Å². The Morgan fingerprint density at radius 3 is 2.48 bits per heavy atom. The summed E-state index contributed by atoms with van der Waals surface area (Å²) in [5.41, 5.74) is 5.30. The summed E-state index contributed by atoms with van der Waals surface area (Å²) in [6.07, 6.45) is -0.582. The Bertz CT molecular complexity index is 987. The third kappa shape index (κ3) is 6.90. The van der Waals surface area contributed by atoms with E-state index in [1.165, 1.54) is 11.1 Å². The van der Waals surface area contributed by atoms with E-state index in [0.717, 1.165) is 22.7 Å². The van der Waals surface area contributed by atoms with E-state index in [-0.39, 0.29) is 6.04 Å². The van der Waals surface area contributed by atoms with Crippen molar-refractivity contribution in [3.63, 3.8) is 0 Å². The minimum absolute atomic E-state index is 0.258. The molecule has 1 N–H and O–H groups in total. The van der Waals surface area contributed by atoms with Crippen molar-refractivity contribution < 1.29 is 14.4 Å². The zero-order chi connectivity index (χ0) is 23.8. The van der Waals surface area contributed by atoms with Crippen molar-refractivity contribution in [2.75, 3.05) is 31.7 Å². The molecule has 2 aromatic carbocycles. The van der Waals surface area contributed by atoms with Gasteiger partial charge in [0.2, 0.25) is 5.88 Å². The molecule has 0 aliphatic heterocycles. The van der Waals surface area contributed by atoms with Crippen LogP contribution in [0.1, 0.15) is 37.5 Å². The van der Waals surface area contributed by atoms with E-state index < -0.39 is 6.10 Å². The average Bonchev–Trinajstić information content (AvgIpc) is 3.20. The van der Waals surface area contributed by atoms with Gasteiger partial charge in [-0.05, 0) is 33.3 Å². The molecule has 3 aromatic rings. The molecule has 3 rings (SSSR count). The van der Waals surface area contributed by atoms with Gasteiger partial charge < -0.3 is 19.3 Å². The van der Waals surface area contributed by atoms with E-state index in [9.17, 15) is 5.11 Å². The third-order valence-corrected chi connectivity index (χ3v) is 5.76. The summed E-state index contributed by atoms with van der Waals surface area (Å²) in [7, 11) is 2.03. The smallest absolute Gasteiger partial charge is 0.232 e. The number of hydrogen-bond acceptors (Lipinski definition) is 6. The second kappa shape index (κ2) is 12.0. The molecule has 6 nitrogen and oxygen atoms in total. The molecule has 33 heavy (non-hydrogen) atoms. The molecule has 0 saturated carbocycles. The van der Waals surface area contributed by atoms with Crippen LogP contribution in [0.5, 0.6) is 0 Å². The molecule has 1 aromatic heterocycles. The van der Waals surface area contributed by atoms with Crippen LogP contribution in [0.3, 0.4) is 0 Å². The summed E-state index contributed by atoms with van der Waals surface area (Å²) in [5.74, 6) is 0.761. The summed E-state index contributed by atoms with van der Waals surface area (Å²) < 4.78 is 11.3. The molecule has 0 fully saturated rings. The van der Waals surface area contributed by atoms with Gasteiger partial charge in [0.15, 0.2) is 0 Å². The molecule has 0 amide bonds. The van der Waals surface area contributed by atoms with Crippen molar-refractivity contribution in [1.29, 1.82) is 0 Å². The second-order valence-electron chi connectivity index (χ2n) is 8.86. The molecule has 0 radical (unpaired) electrons. The molecule has 1 atom stereocenters. The average molecular weight is 452 g/mol. The van der Waals surface area contributed by atoms with Crippen molar-refractivity contribution in [1.82, 2.24) is 10.1 Å². The van der Waals surface area contributed by atoms with Crippen LogP contribution in [0.25, 0.3) is 11.3 Å². The first-order valence-corrected chi connectivity index (χ1v) is 11.7. The molecular weight excluding hydrogens is 414 g/mol. The van der Waals surface area contributed by atoms with Gasteiger partial charge in [-0.2, -0.15) is 0 Å². The maximum absolute atomic E-state index is 10.6. The monoisotopic (exact) mass is 451 g/mol.